The fourth-order valence-corrected chi connectivity index (χ4v) is 1.94. The lowest BCUT2D eigenvalue weighted by atomic mass is 10.5. The molecule has 0 atom stereocenters. The highest BCUT2D eigenvalue weighted by Crippen LogP contribution is 2.25. The van der Waals surface area contributed by atoms with Crippen LogP contribution in [0.3, 0.4) is 0 Å². The Hall–Kier alpha value is -1.00. The van der Waals surface area contributed by atoms with E-state index in [9.17, 15) is 0 Å². The van der Waals surface area contributed by atoms with E-state index in [4.69, 9.17) is 16.0 Å². The summed E-state index contributed by atoms with van der Waals surface area (Å²) in [4.78, 5) is 8.08. The number of hydrogen-bond donors (Lipinski definition) is 0. The van der Waals surface area contributed by atoms with Gasteiger partial charge in [0.15, 0.2) is 0 Å². The third kappa shape index (κ3) is 2.27. The van der Waals surface area contributed by atoms with Gasteiger partial charge in [-0.2, -0.15) is 0 Å². The van der Waals surface area contributed by atoms with E-state index in [0.717, 1.165) is 10.8 Å². The molecule has 0 fully saturated rings. The number of furan rings is 1. The Morgan fingerprint density at radius 2 is 2.36 bits per heavy atom. The third-order valence-corrected chi connectivity index (χ3v) is 2.83. The normalized spacial score (nSPS) is 10.4. The second-order valence-electron chi connectivity index (χ2n) is 2.52. The Labute approximate surface area is 90.5 Å². The SMILES string of the molecule is Clc1ccoc1CSc1cnccn1. The van der Waals surface area contributed by atoms with Crippen LogP contribution in [-0.2, 0) is 5.75 Å². The molecule has 0 unspecified atom stereocenters. The van der Waals surface area contributed by atoms with Crippen molar-refractivity contribution >= 4 is 23.4 Å². The van der Waals surface area contributed by atoms with Gasteiger partial charge in [-0.05, 0) is 6.07 Å². The lowest BCUT2D eigenvalue weighted by Gasteiger charge is -1.97. The van der Waals surface area contributed by atoms with Crippen molar-refractivity contribution in [2.75, 3.05) is 0 Å². The Morgan fingerprint density at radius 3 is 3.00 bits per heavy atom. The molecule has 0 aromatic carbocycles. The Balaban J connectivity index is 1.99. The first-order valence-corrected chi connectivity index (χ1v) is 5.33. The van der Waals surface area contributed by atoms with Gasteiger partial charge in [0.05, 0.1) is 23.2 Å². The van der Waals surface area contributed by atoms with Crippen LogP contribution in [0.25, 0.3) is 0 Å². The number of aromatic nitrogens is 2. The van der Waals surface area contributed by atoms with Gasteiger partial charge in [0.1, 0.15) is 10.8 Å². The van der Waals surface area contributed by atoms with Gasteiger partial charge in [-0.15, -0.1) is 0 Å². The lowest BCUT2D eigenvalue weighted by Crippen LogP contribution is -1.82. The summed E-state index contributed by atoms with van der Waals surface area (Å²) in [6.07, 6.45) is 6.59. The van der Waals surface area contributed by atoms with E-state index in [1.54, 1.807) is 42.7 Å². The minimum atomic E-state index is 0.654. The van der Waals surface area contributed by atoms with Gasteiger partial charge in [0.2, 0.25) is 0 Å². The van der Waals surface area contributed by atoms with Crippen molar-refractivity contribution in [3.63, 3.8) is 0 Å². The minimum absolute atomic E-state index is 0.654. The molecule has 14 heavy (non-hydrogen) atoms. The zero-order chi connectivity index (χ0) is 9.80. The molecule has 2 aromatic heterocycles. The van der Waals surface area contributed by atoms with Crippen LogP contribution < -0.4 is 0 Å². The molecule has 0 saturated heterocycles. The standard InChI is InChI=1S/C9H7ClN2OS/c10-7-1-4-13-8(7)6-14-9-5-11-2-3-12-9/h1-5H,6H2. The largest absolute Gasteiger partial charge is 0.467 e. The van der Waals surface area contributed by atoms with Crippen molar-refractivity contribution in [3.05, 3.63) is 41.7 Å². The van der Waals surface area contributed by atoms with Crippen molar-refractivity contribution in [3.8, 4) is 0 Å². The molecule has 0 amide bonds. The molecule has 2 rings (SSSR count). The van der Waals surface area contributed by atoms with Gasteiger partial charge in [0, 0.05) is 12.4 Å². The predicted molar refractivity (Wildman–Crippen MR) is 55.3 cm³/mol. The molecule has 2 aromatic rings. The van der Waals surface area contributed by atoms with E-state index in [0.29, 0.717) is 10.8 Å². The van der Waals surface area contributed by atoms with Crippen LogP contribution in [-0.4, -0.2) is 9.97 Å². The van der Waals surface area contributed by atoms with E-state index in [2.05, 4.69) is 9.97 Å². The van der Waals surface area contributed by atoms with Gasteiger partial charge >= 0.3 is 0 Å². The molecule has 0 aliphatic heterocycles. The molecule has 0 N–H and O–H groups in total. The zero-order valence-corrected chi connectivity index (χ0v) is 8.76. The fraction of sp³-hybridized carbons (Fsp3) is 0.111. The highest BCUT2D eigenvalue weighted by atomic mass is 35.5. The Kier molecular flexibility index (Phi) is 3.06. The van der Waals surface area contributed by atoms with E-state index < -0.39 is 0 Å². The second-order valence-corrected chi connectivity index (χ2v) is 3.93. The van der Waals surface area contributed by atoms with Crippen molar-refractivity contribution in [1.82, 2.24) is 9.97 Å². The topological polar surface area (TPSA) is 38.9 Å². The Bertz CT molecular complexity index is 404. The van der Waals surface area contributed by atoms with Gasteiger partial charge in [-0.25, -0.2) is 4.98 Å². The first-order valence-electron chi connectivity index (χ1n) is 3.97. The summed E-state index contributed by atoms with van der Waals surface area (Å²) in [5, 5.41) is 1.52. The number of hydrogen-bond acceptors (Lipinski definition) is 4. The molecular formula is C9H7ClN2OS. The summed E-state index contributed by atoms with van der Waals surface area (Å²) in [5.41, 5.74) is 0. The van der Waals surface area contributed by atoms with Gasteiger partial charge < -0.3 is 4.42 Å². The third-order valence-electron chi connectivity index (χ3n) is 1.58. The van der Waals surface area contributed by atoms with Gasteiger partial charge in [-0.3, -0.25) is 4.98 Å². The van der Waals surface area contributed by atoms with Crippen LogP contribution >= 0.6 is 23.4 Å². The zero-order valence-electron chi connectivity index (χ0n) is 7.18. The monoisotopic (exact) mass is 226 g/mol. The molecule has 2 heterocycles. The number of nitrogens with zero attached hydrogens (tertiary/aromatic N) is 2. The van der Waals surface area contributed by atoms with Crippen LogP contribution in [0, 0.1) is 0 Å². The van der Waals surface area contributed by atoms with E-state index in [1.807, 2.05) is 0 Å². The maximum Gasteiger partial charge on any atom is 0.132 e. The molecular weight excluding hydrogens is 220 g/mol. The summed E-state index contributed by atoms with van der Waals surface area (Å²) in [6, 6.07) is 1.73. The average molecular weight is 227 g/mol. The van der Waals surface area contributed by atoms with Crippen molar-refractivity contribution in [2.45, 2.75) is 10.8 Å². The van der Waals surface area contributed by atoms with Crippen LogP contribution in [0.5, 0.6) is 0 Å². The summed E-state index contributed by atoms with van der Waals surface area (Å²) in [7, 11) is 0. The lowest BCUT2D eigenvalue weighted by molar-refractivity contribution is 0.530. The van der Waals surface area contributed by atoms with Crippen molar-refractivity contribution < 1.29 is 4.42 Å². The minimum Gasteiger partial charge on any atom is -0.467 e. The maximum absolute atomic E-state index is 5.86. The molecule has 0 aliphatic carbocycles. The van der Waals surface area contributed by atoms with E-state index in [1.165, 1.54) is 0 Å². The van der Waals surface area contributed by atoms with Gasteiger partial charge in [-0.1, -0.05) is 23.4 Å². The number of thioether (sulfide) groups is 1. The number of halogens is 1. The second kappa shape index (κ2) is 4.48. The van der Waals surface area contributed by atoms with Crippen LogP contribution in [0.1, 0.15) is 5.76 Å². The molecule has 0 spiro atoms. The fourth-order valence-electron chi connectivity index (χ4n) is 0.928. The smallest absolute Gasteiger partial charge is 0.132 e. The summed E-state index contributed by atoms with van der Waals surface area (Å²) >= 11 is 7.40. The van der Waals surface area contributed by atoms with Gasteiger partial charge in [0.25, 0.3) is 0 Å². The molecule has 0 bridgehead atoms. The molecule has 5 heteroatoms. The number of rotatable bonds is 3. The highest BCUT2D eigenvalue weighted by Gasteiger charge is 2.04. The van der Waals surface area contributed by atoms with Crippen LogP contribution in [0.15, 0.2) is 40.4 Å². The molecule has 3 nitrogen and oxygen atoms in total. The average Bonchev–Trinajstić information content (AvgIpc) is 2.63. The van der Waals surface area contributed by atoms with Crippen LogP contribution in [0.2, 0.25) is 5.02 Å². The van der Waals surface area contributed by atoms with E-state index >= 15 is 0 Å². The molecule has 72 valence electrons. The first-order chi connectivity index (χ1) is 6.86. The van der Waals surface area contributed by atoms with Crippen LogP contribution in [0.4, 0.5) is 0 Å². The molecule has 0 aliphatic rings. The predicted octanol–water partition coefficient (Wildman–Crippen LogP) is 3.02. The van der Waals surface area contributed by atoms with Crippen molar-refractivity contribution in [2.24, 2.45) is 0 Å². The maximum atomic E-state index is 5.86. The molecule has 0 saturated carbocycles. The summed E-state index contributed by atoms with van der Waals surface area (Å²) in [5.74, 6) is 1.44. The van der Waals surface area contributed by atoms with Crippen molar-refractivity contribution in [1.29, 1.82) is 0 Å². The Morgan fingerprint density at radius 1 is 1.43 bits per heavy atom. The highest BCUT2D eigenvalue weighted by molar-refractivity contribution is 7.98. The van der Waals surface area contributed by atoms with E-state index in [-0.39, 0.29) is 0 Å². The quantitative estimate of drug-likeness (QED) is 0.755. The molecule has 0 radical (unpaired) electrons. The summed E-state index contributed by atoms with van der Waals surface area (Å²) < 4.78 is 5.19. The summed E-state index contributed by atoms with van der Waals surface area (Å²) in [6.45, 7) is 0. The first kappa shape index (κ1) is 9.55.